The quantitative estimate of drug-likeness (QED) is 0.507. The van der Waals surface area contributed by atoms with Crippen molar-refractivity contribution in [2.24, 2.45) is 5.92 Å². The Kier molecular flexibility index (Phi) is 7.00. The highest BCUT2D eigenvalue weighted by Gasteiger charge is 2.42. The number of ether oxygens (including phenoxy) is 1. The highest BCUT2D eigenvalue weighted by atomic mass is 32.2. The lowest BCUT2D eigenvalue weighted by atomic mass is 10.0. The van der Waals surface area contributed by atoms with Gasteiger partial charge in [-0.3, -0.25) is 9.08 Å². The summed E-state index contributed by atoms with van der Waals surface area (Å²) in [5.41, 5.74) is -0.670. The van der Waals surface area contributed by atoms with Crippen molar-refractivity contribution in [2.75, 3.05) is 39.1 Å². The molecule has 2 unspecified atom stereocenters. The van der Waals surface area contributed by atoms with Crippen LogP contribution in [0.1, 0.15) is 17.2 Å². The van der Waals surface area contributed by atoms with E-state index in [0.29, 0.717) is 6.26 Å². The van der Waals surface area contributed by atoms with Crippen molar-refractivity contribution in [3.63, 3.8) is 0 Å². The highest BCUT2D eigenvalue weighted by molar-refractivity contribution is 7.85. The summed E-state index contributed by atoms with van der Waals surface area (Å²) >= 11 is 0. The monoisotopic (exact) mass is 435 g/mol. The third-order valence-corrected chi connectivity index (χ3v) is 4.73. The molecule has 2 rings (SSSR count). The second-order valence-corrected chi connectivity index (χ2v) is 8.11. The summed E-state index contributed by atoms with van der Waals surface area (Å²) < 4.78 is 110. The first kappa shape index (κ1) is 22.9. The number of rotatable bonds is 6. The van der Waals surface area contributed by atoms with Gasteiger partial charge in [0.25, 0.3) is 10.1 Å². The molecule has 1 aromatic carbocycles. The molecule has 2 atom stereocenters. The maximum Gasteiger partial charge on any atom is 0.416 e. The SMILES string of the molecule is CS(=O)(=O)OCC(CN1CCOC(c2cccc(C(F)(F)F)c2)C1)C(F)(F)F. The molecule has 1 fully saturated rings. The molecule has 0 radical (unpaired) electrons. The van der Waals surface area contributed by atoms with Gasteiger partial charge in [0.2, 0.25) is 0 Å². The number of benzene rings is 1. The third-order valence-electron chi connectivity index (χ3n) is 4.16. The van der Waals surface area contributed by atoms with Crippen molar-refractivity contribution in [1.82, 2.24) is 4.90 Å². The van der Waals surface area contributed by atoms with E-state index in [-0.39, 0.29) is 25.3 Å². The van der Waals surface area contributed by atoms with Crippen molar-refractivity contribution in [2.45, 2.75) is 18.5 Å². The molecule has 1 saturated heterocycles. The number of alkyl halides is 6. The normalized spacial score (nSPS) is 20.9. The van der Waals surface area contributed by atoms with Crippen LogP contribution in [0.4, 0.5) is 26.3 Å². The Morgan fingerprint density at radius 3 is 2.50 bits per heavy atom. The zero-order valence-electron chi connectivity index (χ0n) is 14.8. The molecule has 0 amide bonds. The van der Waals surface area contributed by atoms with Gasteiger partial charge in [-0.05, 0) is 17.7 Å². The van der Waals surface area contributed by atoms with Crippen LogP contribution < -0.4 is 0 Å². The zero-order valence-corrected chi connectivity index (χ0v) is 15.6. The number of halogens is 6. The number of hydrogen-bond donors (Lipinski definition) is 0. The first-order chi connectivity index (χ1) is 12.8. The van der Waals surface area contributed by atoms with Gasteiger partial charge in [-0.2, -0.15) is 34.8 Å². The Morgan fingerprint density at radius 2 is 1.93 bits per heavy atom. The van der Waals surface area contributed by atoms with Gasteiger partial charge >= 0.3 is 12.4 Å². The van der Waals surface area contributed by atoms with E-state index in [1.807, 2.05) is 0 Å². The molecule has 1 heterocycles. The van der Waals surface area contributed by atoms with E-state index in [0.717, 1.165) is 12.1 Å². The fourth-order valence-electron chi connectivity index (χ4n) is 2.75. The van der Waals surface area contributed by atoms with Crippen molar-refractivity contribution >= 4 is 10.1 Å². The fraction of sp³-hybridized carbons (Fsp3) is 0.625. The lowest BCUT2D eigenvalue weighted by Crippen LogP contribution is -2.45. The van der Waals surface area contributed by atoms with Crippen LogP contribution in [0.2, 0.25) is 0 Å². The smallest absolute Gasteiger partial charge is 0.371 e. The van der Waals surface area contributed by atoms with Gasteiger partial charge in [-0.15, -0.1) is 0 Å². The molecule has 0 N–H and O–H groups in total. The van der Waals surface area contributed by atoms with Crippen LogP contribution in [0.3, 0.4) is 0 Å². The molecular weight excluding hydrogens is 416 g/mol. The summed E-state index contributed by atoms with van der Waals surface area (Å²) in [7, 11) is -4.04. The van der Waals surface area contributed by atoms with E-state index in [9.17, 15) is 34.8 Å². The van der Waals surface area contributed by atoms with Crippen LogP contribution >= 0.6 is 0 Å². The Balaban J connectivity index is 2.09. The van der Waals surface area contributed by atoms with Crippen molar-refractivity contribution in [3.8, 4) is 0 Å². The van der Waals surface area contributed by atoms with E-state index < -0.39 is 53.2 Å². The fourth-order valence-corrected chi connectivity index (χ4v) is 3.16. The first-order valence-corrected chi connectivity index (χ1v) is 9.99. The highest BCUT2D eigenvalue weighted by Crippen LogP contribution is 2.33. The molecule has 1 aliphatic heterocycles. The van der Waals surface area contributed by atoms with Gasteiger partial charge < -0.3 is 4.74 Å². The minimum absolute atomic E-state index is 0.0262. The van der Waals surface area contributed by atoms with E-state index >= 15 is 0 Å². The second kappa shape index (κ2) is 8.56. The Labute approximate surface area is 158 Å². The van der Waals surface area contributed by atoms with Crippen LogP contribution in [0, 0.1) is 5.92 Å². The van der Waals surface area contributed by atoms with Crippen LogP contribution in [-0.2, 0) is 25.2 Å². The lowest BCUT2D eigenvalue weighted by Gasteiger charge is -2.35. The maximum absolute atomic E-state index is 13.2. The minimum atomic E-state index is -4.70. The molecule has 0 aliphatic carbocycles. The van der Waals surface area contributed by atoms with Crippen LogP contribution in [0.15, 0.2) is 24.3 Å². The molecule has 5 nitrogen and oxygen atoms in total. The van der Waals surface area contributed by atoms with Gasteiger partial charge in [0.15, 0.2) is 0 Å². The van der Waals surface area contributed by atoms with E-state index in [1.165, 1.54) is 17.0 Å². The molecule has 28 heavy (non-hydrogen) atoms. The van der Waals surface area contributed by atoms with Crippen molar-refractivity contribution < 1.29 is 43.7 Å². The predicted molar refractivity (Wildman–Crippen MR) is 86.9 cm³/mol. The van der Waals surface area contributed by atoms with Crippen LogP contribution in [0.25, 0.3) is 0 Å². The van der Waals surface area contributed by atoms with Gasteiger partial charge in [0, 0.05) is 19.6 Å². The first-order valence-electron chi connectivity index (χ1n) is 8.18. The van der Waals surface area contributed by atoms with Gasteiger partial charge in [-0.25, -0.2) is 0 Å². The number of morpholine rings is 1. The lowest BCUT2D eigenvalue weighted by molar-refractivity contribution is -0.189. The van der Waals surface area contributed by atoms with Crippen LogP contribution in [-0.4, -0.2) is 58.6 Å². The second-order valence-electron chi connectivity index (χ2n) is 6.47. The van der Waals surface area contributed by atoms with Crippen LogP contribution in [0.5, 0.6) is 0 Å². The van der Waals surface area contributed by atoms with Gasteiger partial charge in [-0.1, -0.05) is 12.1 Å². The predicted octanol–water partition coefficient (Wildman–Crippen LogP) is 3.23. The molecule has 1 aromatic rings. The van der Waals surface area contributed by atoms with Crippen molar-refractivity contribution in [1.29, 1.82) is 0 Å². The van der Waals surface area contributed by atoms with Crippen molar-refractivity contribution in [3.05, 3.63) is 35.4 Å². The summed E-state index contributed by atoms with van der Waals surface area (Å²) in [6.45, 7) is -1.53. The van der Waals surface area contributed by atoms with Gasteiger partial charge in [0.05, 0.1) is 37.1 Å². The standard InChI is InChI=1S/C16H19F6NO4S/c1-28(24,25)27-10-13(16(20,21)22)8-23-5-6-26-14(9-23)11-3-2-4-12(7-11)15(17,18)19/h2-4,7,13-14H,5-6,8-10H2,1H3. The Hall–Kier alpha value is -1.37. The molecule has 12 heteroatoms. The summed E-state index contributed by atoms with van der Waals surface area (Å²) in [5.74, 6) is -2.07. The minimum Gasteiger partial charge on any atom is -0.371 e. The maximum atomic E-state index is 13.2. The number of hydrogen-bond acceptors (Lipinski definition) is 5. The topological polar surface area (TPSA) is 55.8 Å². The average Bonchev–Trinajstić information content (AvgIpc) is 2.56. The summed E-state index contributed by atoms with van der Waals surface area (Å²) in [5, 5.41) is 0. The third kappa shape index (κ3) is 6.90. The molecule has 0 bridgehead atoms. The molecule has 160 valence electrons. The summed E-state index contributed by atoms with van der Waals surface area (Å²) in [6.07, 6.45) is -9.43. The Bertz CT molecular complexity index is 765. The van der Waals surface area contributed by atoms with E-state index in [4.69, 9.17) is 4.74 Å². The number of nitrogens with zero attached hydrogens (tertiary/aromatic N) is 1. The molecule has 0 spiro atoms. The van der Waals surface area contributed by atoms with E-state index in [1.54, 1.807) is 0 Å². The average molecular weight is 435 g/mol. The molecule has 0 saturated carbocycles. The molecule has 1 aliphatic rings. The van der Waals surface area contributed by atoms with E-state index in [2.05, 4.69) is 4.18 Å². The zero-order chi connectivity index (χ0) is 21.2. The largest absolute Gasteiger partial charge is 0.416 e. The molecular formula is C16H19F6NO4S. The summed E-state index contributed by atoms with van der Waals surface area (Å²) in [4.78, 5) is 1.37. The molecule has 0 aromatic heterocycles. The summed E-state index contributed by atoms with van der Waals surface area (Å²) in [6, 6.07) is 4.42. The Morgan fingerprint density at radius 1 is 1.25 bits per heavy atom. The van der Waals surface area contributed by atoms with Gasteiger partial charge in [0.1, 0.15) is 0 Å².